The highest BCUT2D eigenvalue weighted by Gasteiger charge is 2.49. The van der Waals surface area contributed by atoms with Gasteiger partial charge in [0, 0.05) is 71.2 Å². The summed E-state index contributed by atoms with van der Waals surface area (Å²) in [6.45, 7) is 1.23. The minimum atomic E-state index is -0.406. The van der Waals surface area contributed by atoms with Gasteiger partial charge in [-0.15, -0.1) is 0 Å². The van der Waals surface area contributed by atoms with Crippen molar-refractivity contribution in [1.29, 1.82) is 0 Å². The molecule has 2 bridgehead atoms. The lowest BCUT2D eigenvalue weighted by Crippen LogP contribution is -2.61. The van der Waals surface area contributed by atoms with Crippen molar-refractivity contribution in [2.45, 2.75) is 56.7 Å². The number of aromatic amines is 1. The Bertz CT molecular complexity index is 1860. The quantitative estimate of drug-likeness (QED) is 0.269. The molecule has 4 aromatic rings. The van der Waals surface area contributed by atoms with Crippen LogP contribution in [0, 0.1) is 22.0 Å². The van der Waals surface area contributed by atoms with Crippen LogP contribution in [0.3, 0.4) is 0 Å². The van der Waals surface area contributed by atoms with Crippen molar-refractivity contribution in [3.8, 4) is 5.75 Å². The van der Waals surface area contributed by atoms with E-state index in [1.807, 2.05) is 34.9 Å². The van der Waals surface area contributed by atoms with Crippen LogP contribution in [0.5, 0.6) is 5.75 Å². The van der Waals surface area contributed by atoms with E-state index in [9.17, 15) is 19.7 Å². The predicted molar refractivity (Wildman–Crippen MR) is 162 cm³/mol. The molecule has 0 saturated carbocycles. The number of non-ortho nitro benzene ring substituents is 1. The second-order valence-electron chi connectivity index (χ2n) is 12.5. The molecule has 220 valence electrons. The molecule has 5 heterocycles. The molecule has 1 amide bonds. The average molecular weight is 580 g/mol. The van der Waals surface area contributed by atoms with Crippen molar-refractivity contribution >= 4 is 28.2 Å². The van der Waals surface area contributed by atoms with Gasteiger partial charge in [0.1, 0.15) is 5.75 Å². The number of nitro benzene ring substituents is 1. The number of ether oxygens (including phenoxy) is 1. The number of rotatable bonds is 4. The van der Waals surface area contributed by atoms with Gasteiger partial charge in [-0.3, -0.25) is 19.7 Å². The second-order valence-corrected chi connectivity index (χ2v) is 12.5. The molecule has 4 aliphatic rings. The summed E-state index contributed by atoms with van der Waals surface area (Å²) in [5.41, 5.74) is 6.16. The Morgan fingerprint density at radius 1 is 1.14 bits per heavy atom. The highest BCUT2D eigenvalue weighted by molar-refractivity contribution is 5.87. The van der Waals surface area contributed by atoms with Crippen LogP contribution in [-0.4, -0.2) is 40.1 Å². The molecule has 8 rings (SSSR count). The number of hydrogen-bond acceptors (Lipinski definition) is 6. The Balaban J connectivity index is 1.17. The van der Waals surface area contributed by atoms with E-state index in [4.69, 9.17) is 4.74 Å². The van der Waals surface area contributed by atoms with E-state index in [1.54, 1.807) is 25.3 Å². The van der Waals surface area contributed by atoms with Crippen LogP contribution in [0.25, 0.3) is 10.9 Å². The number of nitro groups is 1. The van der Waals surface area contributed by atoms with Crippen molar-refractivity contribution in [3.05, 3.63) is 97.6 Å². The number of nitrogens with zero attached hydrogens (tertiary/aromatic N) is 3. The number of hydrogen-bond donors (Lipinski definition) is 2. The van der Waals surface area contributed by atoms with Gasteiger partial charge in [0.15, 0.2) is 0 Å². The Labute approximate surface area is 247 Å². The summed E-state index contributed by atoms with van der Waals surface area (Å²) in [5, 5.41) is 16.2. The lowest BCUT2D eigenvalue weighted by molar-refractivity contribution is -0.384. The maximum absolute atomic E-state index is 14.4. The van der Waals surface area contributed by atoms with Crippen LogP contribution in [0.1, 0.15) is 53.7 Å². The maximum Gasteiger partial charge on any atom is 0.269 e. The minimum absolute atomic E-state index is 0.00124. The van der Waals surface area contributed by atoms with Crippen LogP contribution >= 0.6 is 0 Å². The smallest absolute Gasteiger partial charge is 0.269 e. The van der Waals surface area contributed by atoms with Crippen molar-refractivity contribution < 1.29 is 14.5 Å². The van der Waals surface area contributed by atoms with Crippen LogP contribution < -0.4 is 20.5 Å². The summed E-state index contributed by atoms with van der Waals surface area (Å²) >= 11 is 0. The third-order valence-electron chi connectivity index (χ3n) is 10.3. The fourth-order valence-corrected chi connectivity index (χ4v) is 8.44. The zero-order valence-corrected chi connectivity index (χ0v) is 23.9. The summed E-state index contributed by atoms with van der Waals surface area (Å²) < 4.78 is 7.36. The van der Waals surface area contributed by atoms with E-state index < -0.39 is 5.92 Å². The summed E-state index contributed by atoms with van der Waals surface area (Å²) in [6, 6.07) is 16.3. The summed E-state index contributed by atoms with van der Waals surface area (Å²) in [4.78, 5) is 44.4. The molecule has 10 nitrogen and oxygen atoms in total. The number of anilines is 1. The third-order valence-corrected chi connectivity index (χ3v) is 10.3. The Hall–Kier alpha value is -4.60. The average Bonchev–Trinajstić information content (AvgIpc) is 3.39. The van der Waals surface area contributed by atoms with Gasteiger partial charge >= 0.3 is 0 Å². The van der Waals surface area contributed by atoms with Gasteiger partial charge in [-0.2, -0.15) is 0 Å². The van der Waals surface area contributed by atoms with E-state index in [-0.39, 0.29) is 46.0 Å². The molecular weight excluding hydrogens is 546 g/mol. The molecule has 1 saturated heterocycles. The maximum atomic E-state index is 14.4. The molecule has 3 aliphatic heterocycles. The molecule has 1 fully saturated rings. The molecule has 2 aromatic heterocycles. The number of aryl methyl sites for hydroxylation is 1. The molecule has 5 unspecified atom stereocenters. The number of amides is 1. The standard InChI is InChI=1S/C33H33N5O5/c1-43-22-9-10-26-24(15-22)23-4-2-5-27(31(23)34-26)35-33(40)25-14-18-13-21(38(41)42)8-11-29(18)37-16-19-12-20(32(25)37)17-36-28(19)6-3-7-30(36)39/h3,6-11,13,15,19-20,25,27,32,34H,2,4-5,12,14,16-17H2,1H3,(H,35,40). The second kappa shape index (κ2) is 9.72. The lowest BCUT2D eigenvalue weighted by atomic mass is 9.70. The van der Waals surface area contributed by atoms with Gasteiger partial charge in [-0.1, -0.05) is 6.07 Å². The number of methoxy groups -OCH3 is 1. The number of aromatic nitrogens is 2. The first kappa shape index (κ1) is 26.1. The molecule has 0 spiro atoms. The Kier molecular flexibility index (Phi) is 5.89. The zero-order valence-electron chi connectivity index (χ0n) is 23.9. The summed E-state index contributed by atoms with van der Waals surface area (Å²) in [5.74, 6) is 0.618. The third kappa shape index (κ3) is 4.06. The number of pyridine rings is 1. The van der Waals surface area contributed by atoms with Gasteiger partial charge in [0.05, 0.1) is 24.0 Å². The highest BCUT2D eigenvalue weighted by atomic mass is 16.6. The monoisotopic (exact) mass is 579 g/mol. The van der Waals surface area contributed by atoms with E-state index in [0.29, 0.717) is 19.5 Å². The molecule has 43 heavy (non-hydrogen) atoms. The number of fused-ring (bicyclic) bond motifs is 11. The van der Waals surface area contributed by atoms with Gasteiger partial charge in [-0.05, 0) is 79.5 Å². The predicted octanol–water partition coefficient (Wildman–Crippen LogP) is 4.60. The Morgan fingerprint density at radius 2 is 2.02 bits per heavy atom. The minimum Gasteiger partial charge on any atom is -0.497 e. The van der Waals surface area contributed by atoms with Crippen molar-refractivity contribution in [2.75, 3.05) is 18.6 Å². The summed E-state index contributed by atoms with van der Waals surface area (Å²) in [7, 11) is 1.66. The van der Waals surface area contributed by atoms with Crippen molar-refractivity contribution in [2.24, 2.45) is 11.8 Å². The van der Waals surface area contributed by atoms with Gasteiger partial charge in [0.25, 0.3) is 11.2 Å². The van der Waals surface area contributed by atoms with Gasteiger partial charge < -0.3 is 24.5 Å². The van der Waals surface area contributed by atoms with E-state index >= 15 is 0 Å². The van der Waals surface area contributed by atoms with E-state index in [1.165, 1.54) is 5.56 Å². The normalized spacial score (nSPS) is 25.2. The number of carbonyl (C=O) groups is 1. The molecule has 5 atom stereocenters. The topological polar surface area (TPSA) is 122 Å². The molecular formula is C33H33N5O5. The Morgan fingerprint density at radius 3 is 2.86 bits per heavy atom. The van der Waals surface area contributed by atoms with Crippen molar-refractivity contribution in [3.63, 3.8) is 0 Å². The number of carbonyl (C=O) groups excluding carboxylic acids is 1. The molecule has 0 radical (unpaired) electrons. The van der Waals surface area contributed by atoms with E-state index in [0.717, 1.165) is 65.0 Å². The van der Waals surface area contributed by atoms with E-state index in [2.05, 4.69) is 21.3 Å². The number of H-pyrrole nitrogens is 1. The first-order valence-electron chi connectivity index (χ1n) is 15.1. The largest absolute Gasteiger partial charge is 0.497 e. The molecule has 1 aliphatic carbocycles. The zero-order chi connectivity index (χ0) is 29.4. The fourth-order valence-electron chi connectivity index (χ4n) is 8.44. The SMILES string of the molecule is COc1ccc2[nH]c3c(c2c1)CCCC3NC(=O)C1Cc2cc([N+](=O)[O-])ccc2N2CC3CC(Cn4c3cccc4=O)C12. The first-order chi connectivity index (χ1) is 20.9. The number of benzene rings is 2. The number of piperidine rings is 1. The van der Waals surface area contributed by atoms with Crippen LogP contribution in [0.2, 0.25) is 0 Å². The van der Waals surface area contributed by atoms with Crippen LogP contribution in [0.15, 0.2) is 59.4 Å². The van der Waals surface area contributed by atoms with Crippen LogP contribution in [0.4, 0.5) is 11.4 Å². The molecule has 2 N–H and O–H groups in total. The van der Waals surface area contributed by atoms with Crippen LogP contribution in [-0.2, 0) is 24.2 Å². The fraction of sp³-hybridized carbons (Fsp3) is 0.394. The molecule has 2 aromatic carbocycles. The summed E-state index contributed by atoms with van der Waals surface area (Å²) in [6.07, 6.45) is 4.06. The first-order valence-corrected chi connectivity index (χ1v) is 15.1. The molecule has 10 heteroatoms. The van der Waals surface area contributed by atoms with Gasteiger partial charge in [-0.25, -0.2) is 0 Å². The van der Waals surface area contributed by atoms with Crippen molar-refractivity contribution in [1.82, 2.24) is 14.9 Å². The number of nitrogens with one attached hydrogen (secondary N) is 2. The highest BCUT2D eigenvalue weighted by Crippen LogP contribution is 2.48. The van der Waals surface area contributed by atoms with Gasteiger partial charge in [0.2, 0.25) is 5.91 Å². The lowest BCUT2D eigenvalue weighted by Gasteiger charge is -2.54.